The van der Waals surface area contributed by atoms with Crippen molar-refractivity contribution in [3.05, 3.63) is 149 Å². The summed E-state index contributed by atoms with van der Waals surface area (Å²) in [6, 6.07) is 26.9. The molecular formula is C36H42N3P. The van der Waals surface area contributed by atoms with Crippen molar-refractivity contribution in [1.82, 2.24) is 0 Å². The van der Waals surface area contributed by atoms with Crippen LogP contribution >= 0.6 is 7.92 Å². The lowest BCUT2D eigenvalue weighted by molar-refractivity contribution is 0.957. The third-order valence-electron chi connectivity index (χ3n) is 6.52. The van der Waals surface area contributed by atoms with E-state index < -0.39 is 7.92 Å². The summed E-state index contributed by atoms with van der Waals surface area (Å²) in [6.45, 7) is 28.2. The second-order valence-corrected chi connectivity index (χ2v) is 11.6. The molecule has 0 aliphatic carbocycles. The summed E-state index contributed by atoms with van der Waals surface area (Å²) < 4.78 is 0. The monoisotopic (exact) mass is 547 g/mol. The van der Waals surface area contributed by atoms with Gasteiger partial charge in [-0.2, -0.15) is 0 Å². The molecule has 3 nitrogen and oxygen atoms in total. The van der Waals surface area contributed by atoms with E-state index in [2.05, 4.69) is 127 Å². The zero-order chi connectivity index (χ0) is 28.7. The third-order valence-corrected chi connectivity index (χ3v) is 8.96. The molecule has 0 aliphatic rings. The van der Waals surface area contributed by atoms with Crippen molar-refractivity contribution in [3.63, 3.8) is 0 Å². The Bertz CT molecular complexity index is 1070. The second kappa shape index (κ2) is 16.1. The van der Waals surface area contributed by atoms with Crippen molar-refractivity contribution in [3.8, 4) is 0 Å². The van der Waals surface area contributed by atoms with Gasteiger partial charge in [-0.15, -0.1) is 39.5 Å². The van der Waals surface area contributed by atoms with Crippen molar-refractivity contribution in [2.45, 2.75) is 0 Å². The predicted molar refractivity (Wildman–Crippen MR) is 183 cm³/mol. The van der Waals surface area contributed by atoms with Crippen molar-refractivity contribution in [2.24, 2.45) is 0 Å². The minimum atomic E-state index is -0.765. The van der Waals surface area contributed by atoms with Crippen LogP contribution in [0.4, 0.5) is 17.1 Å². The molecule has 0 heterocycles. The number of hydrogen-bond acceptors (Lipinski definition) is 3. The lowest BCUT2D eigenvalue weighted by atomic mass is 10.2. The van der Waals surface area contributed by atoms with Crippen LogP contribution in [0.5, 0.6) is 0 Å². The van der Waals surface area contributed by atoms with Gasteiger partial charge in [0, 0.05) is 56.3 Å². The van der Waals surface area contributed by atoms with Gasteiger partial charge >= 0.3 is 0 Å². The fourth-order valence-electron chi connectivity index (χ4n) is 4.68. The molecule has 0 amide bonds. The number of benzene rings is 3. The summed E-state index contributed by atoms with van der Waals surface area (Å²) in [4.78, 5) is 6.78. The molecule has 0 saturated carbocycles. The van der Waals surface area contributed by atoms with Gasteiger partial charge in [0.25, 0.3) is 0 Å². The minimum absolute atomic E-state index is 0.765. The van der Waals surface area contributed by atoms with E-state index in [1.54, 1.807) is 0 Å². The molecule has 0 aromatic heterocycles. The fraction of sp³-hybridized carbons (Fsp3) is 0.167. The van der Waals surface area contributed by atoms with Crippen molar-refractivity contribution in [2.75, 3.05) is 54.0 Å². The highest BCUT2D eigenvalue weighted by Crippen LogP contribution is 2.35. The third kappa shape index (κ3) is 7.97. The molecule has 40 heavy (non-hydrogen) atoms. The lowest BCUT2D eigenvalue weighted by Gasteiger charge is -2.26. The Kier molecular flexibility index (Phi) is 12.3. The highest BCUT2D eigenvalue weighted by atomic mass is 31.1. The van der Waals surface area contributed by atoms with E-state index in [0.29, 0.717) is 0 Å². The number of nitrogens with zero attached hydrogens (tertiary/aromatic N) is 3. The molecule has 0 atom stereocenters. The van der Waals surface area contributed by atoms with E-state index in [-0.39, 0.29) is 0 Å². The Hall–Kier alpha value is -4.07. The summed E-state index contributed by atoms with van der Waals surface area (Å²) in [5, 5.41) is 3.92. The van der Waals surface area contributed by atoms with Crippen LogP contribution in [0.2, 0.25) is 0 Å². The zero-order valence-corrected chi connectivity index (χ0v) is 24.6. The Morgan fingerprint density at radius 2 is 0.575 bits per heavy atom. The molecule has 0 fully saturated rings. The molecule has 0 aliphatic heterocycles. The van der Waals surface area contributed by atoms with E-state index in [4.69, 9.17) is 0 Å². The van der Waals surface area contributed by atoms with E-state index in [9.17, 15) is 0 Å². The van der Waals surface area contributed by atoms with Gasteiger partial charge in [0.1, 0.15) is 0 Å². The Labute approximate surface area is 243 Å². The first-order valence-electron chi connectivity index (χ1n) is 13.6. The highest BCUT2D eigenvalue weighted by molar-refractivity contribution is 7.79. The van der Waals surface area contributed by atoms with Crippen LogP contribution in [0.3, 0.4) is 0 Å². The molecular weight excluding hydrogens is 505 g/mol. The smallest absolute Gasteiger partial charge is 0.0372 e. The Balaban J connectivity index is 2.03. The maximum absolute atomic E-state index is 3.92. The predicted octanol–water partition coefficient (Wildman–Crippen LogP) is 6.98. The molecule has 3 aromatic rings. The Morgan fingerprint density at radius 3 is 0.750 bits per heavy atom. The van der Waals surface area contributed by atoms with Crippen LogP contribution in [-0.2, 0) is 0 Å². The molecule has 0 spiro atoms. The normalized spacial score (nSPS) is 10.4. The van der Waals surface area contributed by atoms with Gasteiger partial charge in [-0.05, 0) is 60.2 Å². The molecule has 206 valence electrons. The van der Waals surface area contributed by atoms with Gasteiger partial charge in [-0.25, -0.2) is 0 Å². The van der Waals surface area contributed by atoms with Gasteiger partial charge in [-0.1, -0.05) is 72.9 Å². The summed E-state index contributed by atoms with van der Waals surface area (Å²) in [5.41, 5.74) is 3.49. The number of anilines is 3. The van der Waals surface area contributed by atoms with Gasteiger partial charge < -0.3 is 14.7 Å². The first-order valence-corrected chi connectivity index (χ1v) is 14.9. The van der Waals surface area contributed by atoms with Crippen LogP contribution in [-0.4, -0.2) is 39.3 Å². The molecule has 4 heteroatoms. The van der Waals surface area contributed by atoms with E-state index >= 15 is 0 Å². The van der Waals surface area contributed by atoms with Crippen LogP contribution in [0.15, 0.2) is 149 Å². The van der Waals surface area contributed by atoms with Crippen molar-refractivity contribution in [1.29, 1.82) is 0 Å². The first kappa shape index (κ1) is 30.5. The topological polar surface area (TPSA) is 9.72 Å². The maximum atomic E-state index is 3.92. The second-order valence-electron chi connectivity index (χ2n) is 9.33. The fourth-order valence-corrected chi connectivity index (χ4v) is 6.91. The van der Waals surface area contributed by atoms with Crippen LogP contribution in [0.1, 0.15) is 0 Å². The summed E-state index contributed by atoms with van der Waals surface area (Å²) in [7, 11) is -0.765. The average Bonchev–Trinajstić information content (AvgIpc) is 2.98. The average molecular weight is 548 g/mol. The number of hydrogen-bond donors (Lipinski definition) is 0. The maximum Gasteiger partial charge on any atom is 0.0372 e. The largest absolute Gasteiger partial charge is 0.364 e. The lowest BCUT2D eigenvalue weighted by Crippen LogP contribution is -2.26. The first-order chi connectivity index (χ1) is 19.6. The minimum Gasteiger partial charge on any atom is -0.364 e. The summed E-state index contributed by atoms with van der Waals surface area (Å²) >= 11 is 0. The summed E-state index contributed by atoms with van der Waals surface area (Å²) in [6.07, 6.45) is 11.6. The zero-order valence-electron chi connectivity index (χ0n) is 23.7. The standard InChI is InChI=1S/C36H42N3P/c1-7-25-37(26-8-2)31-13-19-34(20-14-31)40(35-21-15-32(16-22-35)38(27-9-3)28-10-4)36-23-17-33(18-24-36)39(29-11-5)30-12-6/h7-24H,1-6,25-30H2. The van der Waals surface area contributed by atoms with Crippen LogP contribution in [0.25, 0.3) is 0 Å². The molecule has 3 aromatic carbocycles. The highest BCUT2D eigenvalue weighted by Gasteiger charge is 2.18. The molecule has 0 N–H and O–H groups in total. The quantitative estimate of drug-likeness (QED) is 0.126. The van der Waals surface area contributed by atoms with Gasteiger partial charge in [0.05, 0.1) is 0 Å². The van der Waals surface area contributed by atoms with Crippen LogP contribution < -0.4 is 30.6 Å². The van der Waals surface area contributed by atoms with Gasteiger partial charge in [-0.3, -0.25) is 0 Å². The van der Waals surface area contributed by atoms with Crippen molar-refractivity contribution >= 4 is 40.9 Å². The number of rotatable bonds is 18. The molecule has 3 rings (SSSR count). The van der Waals surface area contributed by atoms with Gasteiger partial charge in [0.15, 0.2) is 0 Å². The van der Waals surface area contributed by atoms with E-state index in [0.717, 1.165) is 56.3 Å². The van der Waals surface area contributed by atoms with Crippen LogP contribution in [0, 0.1) is 0 Å². The van der Waals surface area contributed by atoms with E-state index in [1.807, 2.05) is 36.5 Å². The van der Waals surface area contributed by atoms with Crippen molar-refractivity contribution < 1.29 is 0 Å². The summed E-state index contributed by atoms with van der Waals surface area (Å²) in [5.74, 6) is 0. The molecule has 0 unspecified atom stereocenters. The molecule has 0 radical (unpaired) electrons. The van der Waals surface area contributed by atoms with Gasteiger partial charge in [0.2, 0.25) is 0 Å². The molecule has 0 bridgehead atoms. The Morgan fingerprint density at radius 1 is 0.375 bits per heavy atom. The van der Waals surface area contributed by atoms with E-state index in [1.165, 1.54) is 15.9 Å². The SMILES string of the molecule is C=CCN(CC=C)c1ccc(P(c2ccc(N(CC=C)CC=C)cc2)c2ccc(N(CC=C)CC=C)cc2)cc1. The molecule has 0 saturated heterocycles.